The van der Waals surface area contributed by atoms with E-state index in [1.54, 1.807) is 0 Å². The number of halogens is 2. The second-order valence-corrected chi connectivity index (χ2v) is 3.45. The van der Waals surface area contributed by atoms with E-state index in [-0.39, 0.29) is 23.8 Å². The maximum Gasteiger partial charge on any atom is 0.219 e. The highest BCUT2D eigenvalue weighted by molar-refractivity contribution is 5.93. The zero-order valence-electron chi connectivity index (χ0n) is 9.09. The smallest absolute Gasteiger partial charge is 0.219 e. The van der Waals surface area contributed by atoms with Crippen molar-refractivity contribution in [2.75, 3.05) is 0 Å². The molecule has 2 rings (SSSR count). The predicted molar refractivity (Wildman–Crippen MR) is 58.0 cm³/mol. The minimum Gasteiger partial charge on any atom is -0.409 e. The monoisotopic (exact) mass is 253 g/mol. The Kier molecular flexibility index (Phi) is 3.18. The molecule has 0 aliphatic heterocycles. The molecule has 2 aromatic rings. The fourth-order valence-electron chi connectivity index (χ4n) is 1.38. The second kappa shape index (κ2) is 4.78. The van der Waals surface area contributed by atoms with Crippen LogP contribution in [0.4, 0.5) is 8.78 Å². The minimum atomic E-state index is -0.671. The highest BCUT2D eigenvalue weighted by atomic mass is 19.1. The number of oxime groups is 1. The maximum atomic E-state index is 13.4. The Morgan fingerprint density at radius 2 is 2.06 bits per heavy atom. The molecule has 0 saturated heterocycles. The first-order valence-electron chi connectivity index (χ1n) is 4.92. The summed E-state index contributed by atoms with van der Waals surface area (Å²) >= 11 is 0. The van der Waals surface area contributed by atoms with Gasteiger partial charge in [0.05, 0.1) is 6.54 Å². The SMILES string of the molecule is N/C(=N/O)c1ncn(Cc2c(F)cccc2F)n1. The number of hydrogen-bond acceptors (Lipinski definition) is 4. The van der Waals surface area contributed by atoms with Gasteiger partial charge in [0.25, 0.3) is 0 Å². The lowest BCUT2D eigenvalue weighted by molar-refractivity contribution is 0.318. The largest absolute Gasteiger partial charge is 0.409 e. The van der Waals surface area contributed by atoms with E-state index < -0.39 is 11.6 Å². The van der Waals surface area contributed by atoms with Crippen molar-refractivity contribution in [1.82, 2.24) is 14.8 Å². The molecule has 1 aromatic carbocycles. The van der Waals surface area contributed by atoms with Crippen LogP contribution >= 0.6 is 0 Å². The van der Waals surface area contributed by atoms with Crippen LogP contribution in [0.25, 0.3) is 0 Å². The first-order chi connectivity index (χ1) is 8.61. The fraction of sp³-hybridized carbons (Fsp3) is 0.100. The Balaban J connectivity index is 2.27. The van der Waals surface area contributed by atoms with Crippen molar-refractivity contribution in [3.8, 4) is 0 Å². The molecule has 0 spiro atoms. The maximum absolute atomic E-state index is 13.4. The van der Waals surface area contributed by atoms with Gasteiger partial charge in [-0.2, -0.15) is 0 Å². The highest BCUT2D eigenvalue weighted by Gasteiger charge is 2.11. The Morgan fingerprint density at radius 1 is 1.39 bits per heavy atom. The number of rotatable bonds is 3. The Morgan fingerprint density at radius 3 is 2.67 bits per heavy atom. The minimum absolute atomic E-state index is 0.0192. The molecular formula is C10H9F2N5O. The van der Waals surface area contributed by atoms with Gasteiger partial charge in [-0.15, -0.1) is 5.10 Å². The molecule has 0 amide bonds. The molecule has 18 heavy (non-hydrogen) atoms. The molecule has 1 aromatic heterocycles. The van der Waals surface area contributed by atoms with Crippen molar-refractivity contribution in [2.45, 2.75) is 6.54 Å². The highest BCUT2D eigenvalue weighted by Crippen LogP contribution is 2.13. The lowest BCUT2D eigenvalue weighted by atomic mass is 10.2. The topological polar surface area (TPSA) is 89.3 Å². The van der Waals surface area contributed by atoms with Crippen LogP contribution in [-0.4, -0.2) is 25.8 Å². The summed E-state index contributed by atoms with van der Waals surface area (Å²) in [5, 5.41) is 15.0. The number of aromatic nitrogens is 3. The predicted octanol–water partition coefficient (Wildman–Crippen LogP) is 0.699. The van der Waals surface area contributed by atoms with E-state index in [4.69, 9.17) is 10.9 Å². The number of nitrogens with zero attached hydrogens (tertiary/aromatic N) is 4. The van der Waals surface area contributed by atoms with E-state index in [1.807, 2.05) is 0 Å². The Bertz CT molecular complexity index is 575. The van der Waals surface area contributed by atoms with Gasteiger partial charge < -0.3 is 10.9 Å². The molecule has 0 fully saturated rings. The number of hydrogen-bond donors (Lipinski definition) is 2. The van der Waals surface area contributed by atoms with Crippen LogP contribution in [0.15, 0.2) is 29.7 Å². The van der Waals surface area contributed by atoms with Crippen molar-refractivity contribution in [3.63, 3.8) is 0 Å². The molecule has 8 heteroatoms. The summed E-state index contributed by atoms with van der Waals surface area (Å²) in [7, 11) is 0. The lowest BCUT2D eigenvalue weighted by Gasteiger charge is -2.03. The van der Waals surface area contributed by atoms with Crippen LogP contribution in [0.5, 0.6) is 0 Å². The standard InChI is InChI=1S/C10H9F2N5O/c11-7-2-1-3-8(12)6(7)4-17-5-14-10(15-17)9(13)16-18/h1-3,5,18H,4H2,(H2,13,16). The summed E-state index contributed by atoms with van der Waals surface area (Å²) in [6.07, 6.45) is 1.24. The van der Waals surface area contributed by atoms with Crippen molar-refractivity contribution < 1.29 is 14.0 Å². The van der Waals surface area contributed by atoms with Gasteiger partial charge in [-0.25, -0.2) is 18.4 Å². The van der Waals surface area contributed by atoms with Gasteiger partial charge in [0.2, 0.25) is 11.7 Å². The van der Waals surface area contributed by atoms with Crippen molar-refractivity contribution >= 4 is 5.84 Å². The number of benzene rings is 1. The van der Waals surface area contributed by atoms with Gasteiger partial charge in [-0.3, -0.25) is 0 Å². The van der Waals surface area contributed by atoms with Crippen molar-refractivity contribution in [1.29, 1.82) is 0 Å². The third-order valence-corrected chi connectivity index (χ3v) is 2.26. The summed E-state index contributed by atoms with van der Waals surface area (Å²) in [6, 6.07) is 3.58. The molecule has 0 saturated carbocycles. The third kappa shape index (κ3) is 2.26. The van der Waals surface area contributed by atoms with Crippen LogP contribution < -0.4 is 5.73 Å². The summed E-state index contributed by atoms with van der Waals surface area (Å²) in [5.41, 5.74) is 5.14. The summed E-state index contributed by atoms with van der Waals surface area (Å²) in [6.45, 7) is -0.135. The molecular weight excluding hydrogens is 244 g/mol. The molecule has 94 valence electrons. The molecule has 0 aliphatic carbocycles. The molecule has 3 N–H and O–H groups in total. The first kappa shape index (κ1) is 12.0. The van der Waals surface area contributed by atoms with Crippen LogP contribution in [0.1, 0.15) is 11.4 Å². The zero-order chi connectivity index (χ0) is 13.1. The average Bonchev–Trinajstić information content (AvgIpc) is 2.81. The summed E-state index contributed by atoms with van der Waals surface area (Å²) in [4.78, 5) is 3.73. The average molecular weight is 253 g/mol. The van der Waals surface area contributed by atoms with Crippen LogP contribution in [-0.2, 0) is 6.54 Å². The van der Waals surface area contributed by atoms with Crippen molar-refractivity contribution in [2.24, 2.45) is 10.9 Å². The van der Waals surface area contributed by atoms with Crippen LogP contribution in [0.2, 0.25) is 0 Å². The van der Waals surface area contributed by atoms with E-state index in [0.717, 1.165) is 12.1 Å². The molecule has 0 atom stereocenters. The van der Waals surface area contributed by atoms with Crippen LogP contribution in [0.3, 0.4) is 0 Å². The first-order valence-corrected chi connectivity index (χ1v) is 4.92. The van der Waals surface area contributed by atoms with Crippen LogP contribution in [0, 0.1) is 11.6 Å². The van der Waals surface area contributed by atoms with E-state index >= 15 is 0 Å². The third-order valence-electron chi connectivity index (χ3n) is 2.26. The Labute approximate surface area is 100 Å². The number of nitrogens with two attached hydrogens (primary N) is 1. The number of amidine groups is 1. The molecule has 0 aliphatic rings. The normalized spacial score (nSPS) is 11.8. The van der Waals surface area contributed by atoms with E-state index in [0.29, 0.717) is 0 Å². The molecule has 1 heterocycles. The lowest BCUT2D eigenvalue weighted by Crippen LogP contribution is -2.16. The summed E-state index contributed by atoms with van der Waals surface area (Å²) < 4.78 is 27.9. The zero-order valence-corrected chi connectivity index (χ0v) is 9.09. The second-order valence-electron chi connectivity index (χ2n) is 3.45. The van der Waals surface area contributed by atoms with E-state index in [2.05, 4.69) is 15.2 Å². The van der Waals surface area contributed by atoms with Gasteiger partial charge in [0, 0.05) is 5.56 Å². The van der Waals surface area contributed by atoms with Gasteiger partial charge in [0.1, 0.15) is 18.0 Å². The van der Waals surface area contributed by atoms with E-state index in [1.165, 1.54) is 17.1 Å². The van der Waals surface area contributed by atoms with Gasteiger partial charge >= 0.3 is 0 Å². The van der Waals surface area contributed by atoms with Gasteiger partial charge in [0.15, 0.2) is 0 Å². The molecule has 0 radical (unpaired) electrons. The fourth-order valence-corrected chi connectivity index (χ4v) is 1.38. The molecule has 0 unspecified atom stereocenters. The van der Waals surface area contributed by atoms with Crippen molar-refractivity contribution in [3.05, 3.63) is 47.5 Å². The van der Waals surface area contributed by atoms with E-state index in [9.17, 15) is 8.78 Å². The Hall–Kier alpha value is -2.51. The van der Waals surface area contributed by atoms with Gasteiger partial charge in [-0.05, 0) is 12.1 Å². The molecule has 6 nitrogen and oxygen atoms in total. The summed E-state index contributed by atoms with van der Waals surface area (Å²) in [5.74, 6) is -1.64. The quantitative estimate of drug-likeness (QED) is 0.364. The molecule has 0 bridgehead atoms. The van der Waals surface area contributed by atoms with Gasteiger partial charge in [-0.1, -0.05) is 11.2 Å².